The van der Waals surface area contributed by atoms with Crippen LogP contribution >= 0.6 is 11.6 Å². The number of piperazine rings is 1. The maximum atomic E-state index is 13.2. The Kier molecular flexibility index (Phi) is 6.18. The standard InChI is InChI=1S/C27H25ClN2O4/c1-33-21-8-6-20(7-9-21)30-14-12-29(13-15-30)16-23-25(31)11-10-22-26(32)24(17-34-27(22)23)18-2-4-19(28)5-3-18/h2-11,17,31H,12-16H2,1H3. The smallest absolute Gasteiger partial charge is 0.200 e. The van der Waals surface area contributed by atoms with E-state index in [0.717, 1.165) is 43.2 Å². The summed E-state index contributed by atoms with van der Waals surface area (Å²) in [5.41, 5.74) is 3.30. The summed E-state index contributed by atoms with van der Waals surface area (Å²) in [6, 6.07) is 18.4. The van der Waals surface area contributed by atoms with Crippen LogP contribution in [0.4, 0.5) is 5.69 Å². The molecule has 0 spiro atoms. The number of rotatable bonds is 5. The van der Waals surface area contributed by atoms with E-state index in [2.05, 4.69) is 21.9 Å². The minimum Gasteiger partial charge on any atom is -0.507 e. The molecule has 1 aromatic heterocycles. The molecule has 6 nitrogen and oxygen atoms in total. The van der Waals surface area contributed by atoms with Crippen LogP contribution in [0.2, 0.25) is 5.02 Å². The highest BCUT2D eigenvalue weighted by molar-refractivity contribution is 6.30. The lowest BCUT2D eigenvalue weighted by Crippen LogP contribution is -2.46. The summed E-state index contributed by atoms with van der Waals surface area (Å²) in [6.07, 6.45) is 1.47. The Bertz CT molecular complexity index is 1360. The number of nitrogens with zero attached hydrogens (tertiary/aromatic N) is 2. The predicted octanol–water partition coefficient (Wildman–Crippen LogP) is 5.15. The highest BCUT2D eigenvalue weighted by atomic mass is 35.5. The number of hydrogen-bond acceptors (Lipinski definition) is 6. The van der Waals surface area contributed by atoms with Crippen molar-refractivity contribution in [2.75, 3.05) is 38.2 Å². The van der Waals surface area contributed by atoms with Crippen LogP contribution in [0.15, 0.2) is 76.1 Å². The van der Waals surface area contributed by atoms with Crippen LogP contribution in [-0.2, 0) is 6.54 Å². The van der Waals surface area contributed by atoms with Gasteiger partial charge in [-0.1, -0.05) is 23.7 Å². The molecule has 0 saturated carbocycles. The van der Waals surface area contributed by atoms with Crippen molar-refractivity contribution in [2.45, 2.75) is 6.54 Å². The van der Waals surface area contributed by atoms with E-state index in [9.17, 15) is 9.90 Å². The molecular formula is C27H25ClN2O4. The molecule has 3 aromatic carbocycles. The van der Waals surface area contributed by atoms with Crippen LogP contribution in [0.25, 0.3) is 22.1 Å². The van der Waals surface area contributed by atoms with Crippen molar-refractivity contribution in [3.63, 3.8) is 0 Å². The van der Waals surface area contributed by atoms with Crippen LogP contribution in [0, 0.1) is 0 Å². The molecule has 7 heteroatoms. The fraction of sp³-hybridized carbons (Fsp3) is 0.222. The molecule has 0 radical (unpaired) electrons. The molecule has 1 fully saturated rings. The first-order valence-electron chi connectivity index (χ1n) is 11.2. The van der Waals surface area contributed by atoms with Crippen LogP contribution in [0.5, 0.6) is 11.5 Å². The molecular weight excluding hydrogens is 452 g/mol. The molecule has 0 bridgehead atoms. The van der Waals surface area contributed by atoms with Gasteiger partial charge in [-0.25, -0.2) is 0 Å². The van der Waals surface area contributed by atoms with Gasteiger partial charge in [0.25, 0.3) is 0 Å². The van der Waals surface area contributed by atoms with Gasteiger partial charge in [0.2, 0.25) is 5.43 Å². The molecule has 0 amide bonds. The van der Waals surface area contributed by atoms with E-state index in [1.54, 1.807) is 43.5 Å². The molecule has 2 heterocycles. The lowest BCUT2D eigenvalue weighted by Gasteiger charge is -2.36. The first kappa shape index (κ1) is 22.3. The second-order valence-electron chi connectivity index (χ2n) is 8.39. The number of hydrogen-bond donors (Lipinski definition) is 1. The topological polar surface area (TPSA) is 66.2 Å². The van der Waals surface area contributed by atoms with Crippen molar-refractivity contribution in [1.29, 1.82) is 0 Å². The van der Waals surface area contributed by atoms with E-state index in [1.807, 2.05) is 12.1 Å². The van der Waals surface area contributed by atoms with E-state index >= 15 is 0 Å². The average molecular weight is 477 g/mol. The van der Waals surface area contributed by atoms with Crippen molar-refractivity contribution in [3.8, 4) is 22.6 Å². The van der Waals surface area contributed by atoms with Gasteiger partial charge in [-0.3, -0.25) is 9.69 Å². The Labute approximate surface area is 202 Å². The summed E-state index contributed by atoms with van der Waals surface area (Å²) in [5, 5.41) is 11.7. The number of phenols is 1. The SMILES string of the molecule is COc1ccc(N2CCN(Cc3c(O)ccc4c(=O)c(-c5ccc(Cl)cc5)coc34)CC2)cc1. The maximum absolute atomic E-state index is 13.2. The summed E-state index contributed by atoms with van der Waals surface area (Å²) in [6.45, 7) is 3.89. The van der Waals surface area contributed by atoms with E-state index in [4.69, 9.17) is 20.8 Å². The third kappa shape index (κ3) is 4.34. The Morgan fingerprint density at radius 1 is 0.971 bits per heavy atom. The summed E-state index contributed by atoms with van der Waals surface area (Å²) < 4.78 is 11.2. The van der Waals surface area contributed by atoms with E-state index < -0.39 is 0 Å². The number of ether oxygens (including phenoxy) is 1. The Morgan fingerprint density at radius 2 is 1.68 bits per heavy atom. The van der Waals surface area contributed by atoms with Gasteiger partial charge in [0.1, 0.15) is 23.3 Å². The second kappa shape index (κ2) is 9.41. The van der Waals surface area contributed by atoms with Crippen LogP contribution < -0.4 is 15.1 Å². The Morgan fingerprint density at radius 3 is 2.35 bits per heavy atom. The molecule has 1 saturated heterocycles. The normalized spacial score (nSPS) is 14.5. The minimum atomic E-state index is -0.130. The fourth-order valence-electron chi connectivity index (χ4n) is 4.41. The fourth-order valence-corrected chi connectivity index (χ4v) is 4.54. The lowest BCUT2D eigenvalue weighted by molar-refractivity contribution is 0.246. The largest absolute Gasteiger partial charge is 0.507 e. The highest BCUT2D eigenvalue weighted by Gasteiger charge is 2.21. The first-order chi connectivity index (χ1) is 16.5. The van der Waals surface area contributed by atoms with Gasteiger partial charge >= 0.3 is 0 Å². The first-order valence-corrected chi connectivity index (χ1v) is 11.5. The van der Waals surface area contributed by atoms with Gasteiger partial charge in [0, 0.05) is 43.4 Å². The lowest BCUT2D eigenvalue weighted by atomic mass is 10.0. The summed E-state index contributed by atoms with van der Waals surface area (Å²) in [7, 11) is 1.66. The van der Waals surface area contributed by atoms with Crippen LogP contribution in [0.1, 0.15) is 5.56 Å². The van der Waals surface area contributed by atoms with Gasteiger partial charge in [-0.05, 0) is 54.1 Å². The van der Waals surface area contributed by atoms with Crippen molar-refractivity contribution in [1.82, 2.24) is 4.90 Å². The maximum Gasteiger partial charge on any atom is 0.200 e. The van der Waals surface area contributed by atoms with E-state index in [-0.39, 0.29) is 11.2 Å². The zero-order valence-corrected chi connectivity index (χ0v) is 19.6. The number of benzene rings is 3. The molecule has 1 N–H and O–H groups in total. The molecule has 34 heavy (non-hydrogen) atoms. The van der Waals surface area contributed by atoms with Gasteiger partial charge in [-0.2, -0.15) is 0 Å². The minimum absolute atomic E-state index is 0.130. The number of phenolic OH excluding ortho intramolecular Hbond substituents is 1. The number of anilines is 1. The van der Waals surface area contributed by atoms with E-state index in [0.29, 0.717) is 33.7 Å². The molecule has 0 aliphatic carbocycles. The van der Waals surface area contributed by atoms with E-state index in [1.165, 1.54) is 6.26 Å². The van der Waals surface area contributed by atoms with Gasteiger partial charge in [-0.15, -0.1) is 0 Å². The van der Waals surface area contributed by atoms with Crippen LogP contribution in [-0.4, -0.2) is 43.3 Å². The zero-order valence-electron chi connectivity index (χ0n) is 18.8. The third-order valence-corrected chi connectivity index (χ3v) is 6.62. The number of aromatic hydroxyl groups is 1. The van der Waals surface area contributed by atoms with Gasteiger partial charge in [0.05, 0.1) is 23.6 Å². The number of halogens is 1. The number of methoxy groups -OCH3 is 1. The van der Waals surface area contributed by atoms with Crippen molar-refractivity contribution in [3.05, 3.63) is 87.7 Å². The highest BCUT2D eigenvalue weighted by Crippen LogP contribution is 2.30. The monoisotopic (exact) mass is 476 g/mol. The van der Waals surface area contributed by atoms with Crippen molar-refractivity contribution in [2.24, 2.45) is 0 Å². The van der Waals surface area contributed by atoms with Gasteiger partial charge < -0.3 is 19.2 Å². The van der Waals surface area contributed by atoms with Gasteiger partial charge in [0.15, 0.2) is 0 Å². The third-order valence-electron chi connectivity index (χ3n) is 6.37. The molecule has 0 unspecified atom stereocenters. The van der Waals surface area contributed by atoms with Crippen molar-refractivity contribution >= 4 is 28.3 Å². The molecule has 174 valence electrons. The summed E-state index contributed by atoms with van der Waals surface area (Å²) in [5.74, 6) is 0.974. The molecule has 4 aromatic rings. The Hall–Kier alpha value is -3.48. The average Bonchev–Trinajstić information content (AvgIpc) is 2.87. The predicted molar refractivity (Wildman–Crippen MR) is 135 cm³/mol. The molecule has 0 atom stereocenters. The van der Waals surface area contributed by atoms with Crippen LogP contribution in [0.3, 0.4) is 0 Å². The molecule has 1 aliphatic heterocycles. The zero-order chi connectivity index (χ0) is 23.7. The number of fused-ring (bicyclic) bond motifs is 1. The second-order valence-corrected chi connectivity index (χ2v) is 8.82. The molecule has 5 rings (SSSR count). The Balaban J connectivity index is 1.36. The quantitative estimate of drug-likeness (QED) is 0.429. The summed E-state index contributed by atoms with van der Waals surface area (Å²) in [4.78, 5) is 17.8. The molecule has 1 aliphatic rings. The summed E-state index contributed by atoms with van der Waals surface area (Å²) >= 11 is 5.98. The van der Waals surface area contributed by atoms with Crippen molar-refractivity contribution < 1.29 is 14.3 Å².